The standard InChI is InChI=1S/C6H13N.C4H10/c1-6-3-2-4-7-5-6;1-4(2)3/h6-7H,2-5H2,1H3;4H,1-3H3. The summed E-state index contributed by atoms with van der Waals surface area (Å²) in [6.45, 7) is 11.3. The van der Waals surface area contributed by atoms with Crippen molar-refractivity contribution in [3.63, 3.8) is 0 Å². The molecule has 0 amide bonds. The first-order chi connectivity index (χ1) is 5.13. The molecule has 1 saturated heterocycles. The van der Waals surface area contributed by atoms with Gasteiger partial charge in [-0.15, -0.1) is 0 Å². The van der Waals surface area contributed by atoms with Gasteiger partial charge in [-0.05, 0) is 37.8 Å². The summed E-state index contributed by atoms with van der Waals surface area (Å²) < 4.78 is 0. The van der Waals surface area contributed by atoms with Crippen LogP contribution in [0.1, 0.15) is 40.5 Å². The molecule has 1 fully saturated rings. The Labute approximate surface area is 71.6 Å². The molecular weight excluding hydrogens is 134 g/mol. The second-order valence-corrected chi connectivity index (χ2v) is 4.18. The average molecular weight is 157 g/mol. The molecule has 1 nitrogen and oxygen atoms in total. The predicted molar refractivity (Wildman–Crippen MR) is 51.8 cm³/mol. The molecule has 1 atom stereocenters. The van der Waals surface area contributed by atoms with Crippen LogP contribution in [0.2, 0.25) is 0 Å². The Kier molecular flexibility index (Phi) is 6.63. The summed E-state index contributed by atoms with van der Waals surface area (Å²) in [6, 6.07) is 0. The number of hydrogen-bond donors (Lipinski definition) is 1. The van der Waals surface area contributed by atoms with Crippen molar-refractivity contribution in [2.24, 2.45) is 11.8 Å². The minimum Gasteiger partial charge on any atom is -0.316 e. The normalized spacial score (nSPS) is 24.3. The molecule has 0 aromatic heterocycles. The van der Waals surface area contributed by atoms with E-state index in [2.05, 4.69) is 33.0 Å². The van der Waals surface area contributed by atoms with Gasteiger partial charge in [-0.2, -0.15) is 0 Å². The summed E-state index contributed by atoms with van der Waals surface area (Å²) in [5.74, 6) is 1.76. The Morgan fingerprint density at radius 2 is 1.82 bits per heavy atom. The van der Waals surface area contributed by atoms with Crippen LogP contribution in [-0.2, 0) is 0 Å². The van der Waals surface area contributed by atoms with Crippen molar-refractivity contribution < 1.29 is 0 Å². The highest BCUT2D eigenvalue weighted by molar-refractivity contribution is 4.63. The van der Waals surface area contributed by atoms with Crippen LogP contribution in [0.4, 0.5) is 0 Å². The van der Waals surface area contributed by atoms with Gasteiger partial charge in [0.05, 0.1) is 0 Å². The SMILES string of the molecule is CC(C)C.CC1CCCNC1. The second kappa shape index (κ2) is 6.66. The summed E-state index contributed by atoms with van der Waals surface area (Å²) in [5.41, 5.74) is 0. The molecule has 0 radical (unpaired) electrons. The van der Waals surface area contributed by atoms with Gasteiger partial charge in [0.15, 0.2) is 0 Å². The lowest BCUT2D eigenvalue weighted by Crippen LogP contribution is -2.27. The lowest BCUT2D eigenvalue weighted by molar-refractivity contribution is 0.405. The first-order valence-corrected chi connectivity index (χ1v) is 4.83. The maximum Gasteiger partial charge on any atom is -0.00231 e. The third-order valence-electron chi connectivity index (χ3n) is 1.54. The van der Waals surface area contributed by atoms with Crippen molar-refractivity contribution in [2.45, 2.75) is 40.5 Å². The van der Waals surface area contributed by atoms with Gasteiger partial charge in [0.1, 0.15) is 0 Å². The zero-order valence-corrected chi connectivity index (χ0v) is 8.48. The summed E-state index contributed by atoms with van der Waals surface area (Å²) >= 11 is 0. The fourth-order valence-electron chi connectivity index (χ4n) is 1.03. The predicted octanol–water partition coefficient (Wildman–Crippen LogP) is 2.67. The van der Waals surface area contributed by atoms with Gasteiger partial charge in [0, 0.05) is 0 Å². The molecule has 0 bridgehead atoms. The van der Waals surface area contributed by atoms with Crippen molar-refractivity contribution in [1.29, 1.82) is 0 Å². The fraction of sp³-hybridized carbons (Fsp3) is 1.00. The highest BCUT2D eigenvalue weighted by Gasteiger charge is 2.04. The highest BCUT2D eigenvalue weighted by Crippen LogP contribution is 2.06. The van der Waals surface area contributed by atoms with Gasteiger partial charge in [0.25, 0.3) is 0 Å². The van der Waals surface area contributed by atoms with Crippen molar-refractivity contribution in [3.05, 3.63) is 0 Å². The van der Waals surface area contributed by atoms with Gasteiger partial charge < -0.3 is 5.32 Å². The zero-order valence-electron chi connectivity index (χ0n) is 8.48. The lowest BCUT2D eigenvalue weighted by Gasteiger charge is -2.17. The van der Waals surface area contributed by atoms with Gasteiger partial charge in [0.2, 0.25) is 0 Å². The second-order valence-electron chi connectivity index (χ2n) is 4.18. The highest BCUT2D eigenvalue weighted by atomic mass is 14.9. The Balaban J connectivity index is 0.000000218. The number of rotatable bonds is 0. The van der Waals surface area contributed by atoms with Crippen molar-refractivity contribution in [1.82, 2.24) is 5.32 Å². The number of nitrogens with one attached hydrogen (secondary N) is 1. The first-order valence-electron chi connectivity index (χ1n) is 4.83. The van der Waals surface area contributed by atoms with Crippen molar-refractivity contribution in [2.75, 3.05) is 13.1 Å². The quantitative estimate of drug-likeness (QED) is 0.570. The minimum atomic E-state index is 0.833. The van der Waals surface area contributed by atoms with E-state index < -0.39 is 0 Å². The summed E-state index contributed by atoms with van der Waals surface area (Å²) in [4.78, 5) is 0. The van der Waals surface area contributed by atoms with Crippen LogP contribution in [0.25, 0.3) is 0 Å². The van der Waals surface area contributed by atoms with E-state index in [1.165, 1.54) is 25.9 Å². The molecule has 1 N–H and O–H groups in total. The smallest absolute Gasteiger partial charge is 0.00231 e. The largest absolute Gasteiger partial charge is 0.316 e. The molecule has 11 heavy (non-hydrogen) atoms. The molecule has 1 heteroatoms. The third kappa shape index (κ3) is 9.96. The van der Waals surface area contributed by atoms with Crippen molar-refractivity contribution >= 4 is 0 Å². The maximum absolute atomic E-state index is 3.33. The van der Waals surface area contributed by atoms with Gasteiger partial charge >= 0.3 is 0 Å². The lowest BCUT2D eigenvalue weighted by atomic mass is 10.0. The molecule has 1 aliphatic heterocycles. The Morgan fingerprint density at radius 1 is 1.27 bits per heavy atom. The monoisotopic (exact) mass is 157 g/mol. The first kappa shape index (κ1) is 11.0. The zero-order chi connectivity index (χ0) is 8.69. The minimum absolute atomic E-state index is 0.833. The molecule has 0 spiro atoms. The van der Waals surface area contributed by atoms with E-state index in [9.17, 15) is 0 Å². The fourth-order valence-corrected chi connectivity index (χ4v) is 1.03. The number of hydrogen-bond acceptors (Lipinski definition) is 1. The van der Waals surface area contributed by atoms with Gasteiger partial charge in [-0.25, -0.2) is 0 Å². The van der Waals surface area contributed by atoms with Crippen LogP contribution in [0.3, 0.4) is 0 Å². The average Bonchev–Trinajstić information content (AvgIpc) is 1.87. The van der Waals surface area contributed by atoms with Crippen LogP contribution >= 0.6 is 0 Å². The summed E-state index contributed by atoms with van der Waals surface area (Å²) in [7, 11) is 0. The Morgan fingerprint density at radius 3 is 2.00 bits per heavy atom. The van der Waals surface area contributed by atoms with Gasteiger partial charge in [-0.1, -0.05) is 27.7 Å². The summed E-state index contributed by atoms with van der Waals surface area (Å²) in [6.07, 6.45) is 2.80. The molecule has 0 aliphatic carbocycles. The Bertz CT molecular complexity index is 70.2. The molecule has 0 saturated carbocycles. The molecule has 1 heterocycles. The molecule has 1 unspecified atom stereocenters. The van der Waals surface area contributed by atoms with E-state index in [0.717, 1.165) is 11.8 Å². The van der Waals surface area contributed by atoms with Gasteiger partial charge in [-0.3, -0.25) is 0 Å². The van der Waals surface area contributed by atoms with E-state index in [4.69, 9.17) is 0 Å². The van der Waals surface area contributed by atoms with Crippen LogP contribution < -0.4 is 5.32 Å². The molecule has 0 aromatic carbocycles. The van der Waals surface area contributed by atoms with Crippen LogP contribution in [0.5, 0.6) is 0 Å². The van der Waals surface area contributed by atoms with Crippen LogP contribution in [0.15, 0.2) is 0 Å². The Hall–Kier alpha value is -0.0400. The van der Waals surface area contributed by atoms with Crippen LogP contribution in [-0.4, -0.2) is 13.1 Å². The molecule has 68 valence electrons. The molecule has 0 aromatic rings. The van der Waals surface area contributed by atoms with Crippen LogP contribution in [0, 0.1) is 11.8 Å². The topological polar surface area (TPSA) is 12.0 Å². The molecule has 1 aliphatic rings. The third-order valence-corrected chi connectivity index (χ3v) is 1.54. The molecule has 1 rings (SSSR count). The van der Waals surface area contributed by atoms with E-state index in [1.807, 2.05) is 0 Å². The van der Waals surface area contributed by atoms with E-state index in [-0.39, 0.29) is 0 Å². The van der Waals surface area contributed by atoms with E-state index >= 15 is 0 Å². The molecular formula is C10H23N. The van der Waals surface area contributed by atoms with E-state index in [1.54, 1.807) is 0 Å². The number of piperidine rings is 1. The summed E-state index contributed by atoms with van der Waals surface area (Å²) in [5, 5.41) is 3.33. The van der Waals surface area contributed by atoms with Crippen molar-refractivity contribution in [3.8, 4) is 0 Å². The maximum atomic E-state index is 3.33. The van der Waals surface area contributed by atoms with E-state index in [0.29, 0.717) is 0 Å².